The average molecular weight is 668 g/mol. The smallest absolute Gasteiger partial charge is 0.412 e. The van der Waals surface area contributed by atoms with E-state index in [0.29, 0.717) is 24.2 Å². The average Bonchev–Trinajstić information content (AvgIpc) is 3.73. The van der Waals surface area contributed by atoms with Gasteiger partial charge in [0.2, 0.25) is 5.91 Å². The molecule has 3 N–H and O–H groups in total. The van der Waals surface area contributed by atoms with Crippen molar-refractivity contribution in [2.24, 2.45) is 11.8 Å². The number of nitrogens with one attached hydrogen (secondary N) is 2. The van der Waals surface area contributed by atoms with Crippen LogP contribution in [0.4, 0.5) is 15.0 Å². The molecule has 2 aromatic rings. The van der Waals surface area contributed by atoms with Gasteiger partial charge in [-0.2, -0.15) is 0 Å². The normalized spacial score (nSPS) is 27.8. The topological polar surface area (TPSA) is 173 Å². The molecule has 4 heterocycles. The second kappa shape index (κ2) is 17.3. The number of pyridine rings is 1. The number of nitrogens with zero attached hydrogens (tertiary/aromatic N) is 3. The largest absolute Gasteiger partial charge is 0.460 e. The van der Waals surface area contributed by atoms with E-state index in [1.807, 2.05) is 0 Å². The highest BCUT2D eigenvalue weighted by Crippen LogP contribution is 2.26. The van der Waals surface area contributed by atoms with Crippen LogP contribution in [0.15, 0.2) is 71.0 Å². The van der Waals surface area contributed by atoms with E-state index in [2.05, 4.69) is 20.6 Å². The summed E-state index contributed by atoms with van der Waals surface area (Å²) in [4.78, 5) is 61.6. The molecular weight excluding hydrogens is 625 g/mol. The minimum Gasteiger partial charge on any atom is -0.460 e. The van der Waals surface area contributed by atoms with Gasteiger partial charge >= 0.3 is 12.1 Å². The zero-order chi connectivity index (χ0) is 34.6. The van der Waals surface area contributed by atoms with Crippen LogP contribution in [0.25, 0.3) is 0 Å². The molecule has 0 radical (unpaired) electrons. The summed E-state index contributed by atoms with van der Waals surface area (Å²) in [5.74, 6) is -2.34. The van der Waals surface area contributed by atoms with Gasteiger partial charge in [0.15, 0.2) is 11.6 Å². The first-order chi connectivity index (χ1) is 23.0. The number of hydrogen-bond acceptors (Lipinski definition) is 10. The molecule has 2 aliphatic heterocycles. The van der Waals surface area contributed by atoms with Gasteiger partial charge in [-0.3, -0.25) is 14.9 Å². The standard InChI is InChI=1S/C34H42FN5O8/c1-21-8-6-14-37-29(42)12-11-22(2)31(23(3)19-47-34(45)39-28-10-4-5-13-36-28)48-33(44)27-9-7-15-40(27)32(43)26-20-46-30(38-26)18-24(35)17-25(41)16-21/h4-6,8,10-13,16,20,22-25,27,31,41H,7,9,14-15,17-19H2,1-3H3,(H,37,42)(H,36,39,45)/b8-6+,12-11+,21-16+/t22-,23-,24-,25-,27-,31+/m1/s1. The molecule has 48 heavy (non-hydrogen) atoms. The van der Waals surface area contributed by atoms with Crippen LogP contribution in [0.1, 0.15) is 56.4 Å². The van der Waals surface area contributed by atoms with Crippen molar-refractivity contribution in [3.8, 4) is 0 Å². The van der Waals surface area contributed by atoms with Crippen molar-refractivity contribution in [1.82, 2.24) is 20.2 Å². The lowest BCUT2D eigenvalue weighted by Crippen LogP contribution is -2.44. The second-order valence-corrected chi connectivity index (χ2v) is 12.0. The van der Waals surface area contributed by atoms with Gasteiger partial charge in [0.05, 0.1) is 19.1 Å². The molecule has 2 aromatic heterocycles. The molecule has 258 valence electrons. The number of rotatable bonds is 4. The number of oxazole rings is 1. The lowest BCUT2D eigenvalue weighted by Gasteiger charge is -2.30. The Balaban J connectivity index is 1.54. The van der Waals surface area contributed by atoms with Gasteiger partial charge in [-0.1, -0.05) is 49.8 Å². The zero-order valence-corrected chi connectivity index (χ0v) is 27.2. The Morgan fingerprint density at radius 2 is 2.08 bits per heavy atom. The van der Waals surface area contributed by atoms with Crippen molar-refractivity contribution in [2.45, 2.75) is 70.9 Å². The van der Waals surface area contributed by atoms with Crippen molar-refractivity contribution in [3.05, 3.63) is 78.2 Å². The summed E-state index contributed by atoms with van der Waals surface area (Å²) in [5.41, 5.74) is 0.599. The van der Waals surface area contributed by atoms with Crippen molar-refractivity contribution in [3.63, 3.8) is 0 Å². The molecule has 0 aliphatic carbocycles. The molecule has 6 atom stereocenters. The number of carbonyl (C=O) groups is 4. The van der Waals surface area contributed by atoms with Gasteiger partial charge in [0.1, 0.15) is 30.4 Å². The van der Waals surface area contributed by atoms with Crippen LogP contribution in [0.5, 0.6) is 0 Å². The second-order valence-electron chi connectivity index (χ2n) is 12.0. The van der Waals surface area contributed by atoms with Gasteiger partial charge in [0, 0.05) is 37.5 Å². The van der Waals surface area contributed by atoms with Gasteiger partial charge in [-0.25, -0.2) is 23.9 Å². The highest BCUT2D eigenvalue weighted by Gasteiger charge is 2.39. The maximum Gasteiger partial charge on any atom is 0.412 e. The number of allylic oxidation sites excluding steroid dienone is 2. The van der Waals surface area contributed by atoms with E-state index < -0.39 is 60.1 Å². The number of halogens is 1. The fraction of sp³-hybridized carbons (Fsp3) is 0.471. The van der Waals surface area contributed by atoms with Crippen LogP contribution < -0.4 is 10.6 Å². The third-order valence-electron chi connectivity index (χ3n) is 7.93. The van der Waals surface area contributed by atoms with E-state index in [9.17, 15) is 28.7 Å². The Morgan fingerprint density at radius 1 is 1.27 bits per heavy atom. The third kappa shape index (κ3) is 10.6. The molecule has 0 saturated carbocycles. The number of esters is 1. The van der Waals surface area contributed by atoms with Gasteiger partial charge < -0.3 is 29.2 Å². The highest BCUT2D eigenvalue weighted by atomic mass is 19.1. The van der Waals surface area contributed by atoms with Gasteiger partial charge in [-0.15, -0.1) is 0 Å². The first kappa shape index (κ1) is 36.0. The Kier molecular flexibility index (Phi) is 13.0. The third-order valence-corrected chi connectivity index (χ3v) is 7.93. The van der Waals surface area contributed by atoms with Crippen LogP contribution in [0, 0.1) is 11.8 Å². The molecule has 0 spiro atoms. The van der Waals surface area contributed by atoms with E-state index in [-0.39, 0.29) is 44.1 Å². The summed E-state index contributed by atoms with van der Waals surface area (Å²) in [6, 6.07) is 4.10. The summed E-state index contributed by atoms with van der Waals surface area (Å²) in [6.45, 7) is 5.58. The zero-order valence-electron chi connectivity index (χ0n) is 27.2. The van der Waals surface area contributed by atoms with Crippen LogP contribution in [-0.4, -0.2) is 88.0 Å². The minimum absolute atomic E-state index is 0.00677. The number of aromatic nitrogens is 2. The minimum atomic E-state index is -1.50. The molecule has 2 bridgehead atoms. The van der Waals surface area contributed by atoms with Crippen molar-refractivity contribution in [1.29, 1.82) is 0 Å². The molecule has 14 heteroatoms. The van der Waals surface area contributed by atoms with Gasteiger partial charge in [-0.05, 0) is 38.0 Å². The van der Waals surface area contributed by atoms with Crippen molar-refractivity contribution in [2.75, 3.05) is 25.0 Å². The van der Waals surface area contributed by atoms with Crippen LogP contribution >= 0.6 is 0 Å². The van der Waals surface area contributed by atoms with Crippen molar-refractivity contribution < 1.29 is 42.6 Å². The first-order valence-corrected chi connectivity index (χ1v) is 15.9. The number of aliphatic hydroxyl groups is 1. The molecule has 1 fully saturated rings. The molecule has 13 nitrogen and oxygen atoms in total. The summed E-state index contributed by atoms with van der Waals surface area (Å²) in [7, 11) is 0. The molecular formula is C34H42FN5O8. The number of alkyl halides is 1. The van der Waals surface area contributed by atoms with E-state index >= 15 is 0 Å². The monoisotopic (exact) mass is 667 g/mol. The predicted molar refractivity (Wildman–Crippen MR) is 172 cm³/mol. The lowest BCUT2D eigenvalue weighted by molar-refractivity contribution is -0.159. The summed E-state index contributed by atoms with van der Waals surface area (Å²) >= 11 is 0. The molecule has 0 unspecified atom stereocenters. The number of aliphatic hydroxyl groups excluding tert-OH is 1. The van der Waals surface area contributed by atoms with Crippen LogP contribution in [0.2, 0.25) is 0 Å². The summed E-state index contributed by atoms with van der Waals surface area (Å²) < 4.78 is 31.5. The number of fused-ring (bicyclic) bond motifs is 3. The van der Waals surface area contributed by atoms with E-state index in [4.69, 9.17) is 13.9 Å². The van der Waals surface area contributed by atoms with Gasteiger partial charge in [0.25, 0.3) is 5.91 Å². The molecule has 2 aliphatic rings. The number of amides is 3. The number of carbonyl (C=O) groups excluding carboxylic acids is 4. The number of ether oxygens (including phenoxy) is 2. The highest BCUT2D eigenvalue weighted by molar-refractivity contribution is 5.95. The first-order valence-electron chi connectivity index (χ1n) is 15.9. The number of anilines is 1. The number of cyclic esters (lactones) is 1. The fourth-order valence-electron chi connectivity index (χ4n) is 5.51. The SMILES string of the molecule is CC1=C\[C@@H](O)C[C@@H](F)Cc2nc(co2)C(=O)N2CCC[C@@H]2C(=O)O[C@H]([C@H](C)COC(=O)Nc2ccccn2)[C@H](C)/C=C/C(=O)NC\C=C\1. The molecule has 0 aromatic carbocycles. The fourth-order valence-corrected chi connectivity index (χ4v) is 5.51. The maximum absolute atomic E-state index is 14.8. The quantitative estimate of drug-likeness (QED) is 0.406. The lowest BCUT2D eigenvalue weighted by atomic mass is 9.93. The van der Waals surface area contributed by atoms with Crippen LogP contribution in [0.3, 0.4) is 0 Å². The predicted octanol–water partition coefficient (Wildman–Crippen LogP) is 3.93. The van der Waals surface area contributed by atoms with Crippen LogP contribution in [-0.2, 0) is 25.5 Å². The number of hydrogen-bond donors (Lipinski definition) is 3. The maximum atomic E-state index is 14.8. The Labute approximate surface area is 278 Å². The Bertz CT molecular complexity index is 1510. The summed E-state index contributed by atoms with van der Waals surface area (Å²) in [6.07, 6.45) is 6.72. The van der Waals surface area contributed by atoms with Crippen molar-refractivity contribution >= 4 is 29.7 Å². The Morgan fingerprint density at radius 3 is 2.85 bits per heavy atom. The molecule has 3 amide bonds. The summed E-state index contributed by atoms with van der Waals surface area (Å²) in [5, 5.41) is 15.6. The Hall–Kier alpha value is -4.85. The molecule has 1 saturated heterocycles. The van der Waals surface area contributed by atoms with E-state index in [0.717, 1.165) is 6.26 Å². The van der Waals surface area contributed by atoms with E-state index in [1.54, 1.807) is 57.2 Å². The molecule has 4 rings (SSSR count). The van der Waals surface area contributed by atoms with E-state index in [1.165, 1.54) is 23.2 Å².